The smallest absolute Gasteiger partial charge is 0.102 e. The van der Waals surface area contributed by atoms with E-state index in [9.17, 15) is 0 Å². The fraction of sp³-hybridized carbons (Fsp3) is 0.286. The van der Waals surface area contributed by atoms with Crippen molar-refractivity contribution in [2.75, 3.05) is 0 Å². The summed E-state index contributed by atoms with van der Waals surface area (Å²) in [6.07, 6.45) is 2.51. The van der Waals surface area contributed by atoms with Crippen LogP contribution in [0.1, 0.15) is 38.9 Å². The molecular formula is C28H34AlP. The largest absolute Gasteiger partial charge is 0.301 e. The predicted molar refractivity (Wildman–Crippen MR) is 139 cm³/mol. The highest BCUT2D eigenvalue weighted by Gasteiger charge is 2.28. The normalized spacial score (nSPS) is 11.8. The fourth-order valence-corrected chi connectivity index (χ4v) is 10.7. The van der Waals surface area contributed by atoms with Crippen LogP contribution >= 0.6 is 7.92 Å². The molecule has 0 spiro atoms. The highest BCUT2D eigenvalue weighted by atomic mass is 31.1. The Morgan fingerprint density at radius 2 is 1.07 bits per heavy atom. The second-order valence-electron chi connectivity index (χ2n) is 8.96. The van der Waals surface area contributed by atoms with E-state index in [-0.39, 0.29) is 0 Å². The van der Waals surface area contributed by atoms with Gasteiger partial charge in [-0.05, 0) is 87.9 Å². The van der Waals surface area contributed by atoms with Crippen LogP contribution in [0, 0.1) is 41.5 Å². The van der Waals surface area contributed by atoms with Crippen molar-refractivity contribution in [1.82, 2.24) is 0 Å². The van der Waals surface area contributed by atoms with E-state index in [0.29, 0.717) is 0 Å². The number of aryl methyl sites for hydroxylation is 6. The summed E-state index contributed by atoms with van der Waals surface area (Å²) < 4.78 is 1.68. The third kappa shape index (κ3) is 4.98. The van der Waals surface area contributed by atoms with Gasteiger partial charge in [0.1, 0.15) is 0 Å². The molecule has 0 aliphatic heterocycles. The molecule has 0 heterocycles. The molecule has 0 saturated carbocycles. The molecule has 0 bridgehead atoms. The van der Waals surface area contributed by atoms with Gasteiger partial charge in [-0.15, -0.1) is 15.7 Å². The van der Waals surface area contributed by atoms with Gasteiger partial charge in [-0.1, -0.05) is 71.8 Å². The van der Waals surface area contributed by atoms with Gasteiger partial charge in [0.05, 0.1) is 0 Å². The first-order valence-electron chi connectivity index (χ1n) is 10.9. The summed E-state index contributed by atoms with van der Waals surface area (Å²) in [6.45, 7) is 13.7. The second-order valence-corrected chi connectivity index (χ2v) is 14.5. The first kappa shape index (κ1) is 23.0. The van der Waals surface area contributed by atoms with E-state index in [1.165, 1.54) is 38.9 Å². The molecule has 0 N–H and O–H groups in total. The predicted octanol–water partition coefficient (Wildman–Crippen LogP) is 7.30. The summed E-state index contributed by atoms with van der Waals surface area (Å²) in [7, 11) is -0.563. The van der Waals surface area contributed by atoms with Crippen LogP contribution in [-0.4, -0.2) is 14.1 Å². The topological polar surface area (TPSA) is 0 Å². The third-order valence-corrected chi connectivity index (χ3v) is 12.3. The minimum absolute atomic E-state index is 0.563. The van der Waals surface area contributed by atoms with Crippen LogP contribution in [0.25, 0.3) is 6.08 Å². The maximum atomic E-state index is 2.51. The molecule has 0 saturated heterocycles. The number of benzene rings is 3. The first-order chi connectivity index (χ1) is 14.2. The van der Waals surface area contributed by atoms with Gasteiger partial charge in [0, 0.05) is 0 Å². The van der Waals surface area contributed by atoms with Crippen LogP contribution in [0.5, 0.6) is 0 Å². The van der Waals surface area contributed by atoms with E-state index in [0.717, 1.165) is 0 Å². The van der Waals surface area contributed by atoms with Crippen molar-refractivity contribution in [2.45, 2.75) is 53.1 Å². The molecule has 3 aromatic rings. The molecule has 0 unspecified atom stereocenters. The summed E-state index contributed by atoms with van der Waals surface area (Å²) in [5, 5.41) is 3.13. The minimum Gasteiger partial charge on any atom is -0.102 e. The van der Waals surface area contributed by atoms with Crippen LogP contribution in [0.4, 0.5) is 0 Å². The SMILES string of the molecule is Cc1cc(C)c(P(/[C](=C/c2ccccc2)[Al]([CH3])[CH3])c2c(C)cc(C)cc2C)c(C)c1. The Labute approximate surface area is 189 Å². The van der Waals surface area contributed by atoms with Crippen molar-refractivity contribution < 1.29 is 0 Å². The lowest BCUT2D eigenvalue weighted by Crippen LogP contribution is -2.26. The van der Waals surface area contributed by atoms with E-state index >= 15 is 0 Å². The average Bonchev–Trinajstić information content (AvgIpc) is 2.64. The molecule has 0 aromatic heterocycles. The monoisotopic (exact) mass is 428 g/mol. The first-order valence-corrected chi connectivity index (χ1v) is 15.1. The van der Waals surface area contributed by atoms with E-state index in [4.69, 9.17) is 0 Å². The fourth-order valence-electron chi connectivity index (χ4n) is 4.63. The zero-order chi connectivity index (χ0) is 22.0. The van der Waals surface area contributed by atoms with Gasteiger partial charge in [-0.25, -0.2) is 0 Å². The standard InChI is InChI=1S/C26H28P.2CH3.Al/c1-18-14-20(3)25(21(4)15-18)27(13-12-24-10-8-7-9-11-24)26-22(5)16-19(2)17-23(26)6;;;/h7-12,14-17H,1-6H3;2*1H3;. The molecule has 0 aliphatic carbocycles. The lowest BCUT2D eigenvalue weighted by molar-refractivity contribution is 1.34. The van der Waals surface area contributed by atoms with Crippen molar-refractivity contribution in [3.05, 3.63) is 97.7 Å². The molecule has 0 fully saturated rings. The Balaban J connectivity index is 2.37. The maximum absolute atomic E-state index is 2.51. The van der Waals surface area contributed by atoms with Gasteiger partial charge in [0.2, 0.25) is 0 Å². The minimum atomic E-state index is -1.07. The average molecular weight is 429 g/mol. The van der Waals surface area contributed by atoms with Crippen molar-refractivity contribution in [3.63, 3.8) is 0 Å². The van der Waals surface area contributed by atoms with Crippen LogP contribution < -0.4 is 10.6 Å². The molecule has 2 heteroatoms. The Morgan fingerprint density at radius 1 is 0.667 bits per heavy atom. The van der Waals surface area contributed by atoms with Crippen LogP contribution in [0.2, 0.25) is 11.6 Å². The number of hydrogen-bond acceptors (Lipinski definition) is 0. The third-order valence-electron chi connectivity index (χ3n) is 5.68. The summed E-state index contributed by atoms with van der Waals surface area (Å²) in [5.74, 6) is 4.98. The van der Waals surface area contributed by atoms with E-state index < -0.39 is 22.1 Å². The van der Waals surface area contributed by atoms with Gasteiger partial charge in [0.15, 0.2) is 0 Å². The molecule has 30 heavy (non-hydrogen) atoms. The lowest BCUT2D eigenvalue weighted by atomic mass is 10.1. The maximum Gasteiger partial charge on any atom is 0.301 e. The van der Waals surface area contributed by atoms with Crippen molar-refractivity contribution in [3.8, 4) is 0 Å². The molecule has 0 aliphatic rings. The van der Waals surface area contributed by atoms with Crippen molar-refractivity contribution in [1.29, 1.82) is 0 Å². The van der Waals surface area contributed by atoms with E-state index in [2.05, 4.69) is 114 Å². The quantitative estimate of drug-likeness (QED) is 0.295. The highest BCUT2D eigenvalue weighted by molar-refractivity contribution is 7.79. The number of hydrogen-bond donors (Lipinski definition) is 0. The van der Waals surface area contributed by atoms with Gasteiger partial charge in [-0.3, -0.25) is 0 Å². The molecule has 0 radical (unpaired) electrons. The molecule has 154 valence electrons. The Hall–Kier alpha value is -1.64. The van der Waals surface area contributed by atoms with Crippen molar-refractivity contribution >= 4 is 38.8 Å². The Kier molecular flexibility index (Phi) is 7.42. The Bertz CT molecular complexity index is 974. The molecule has 0 nitrogen and oxygen atoms in total. The van der Waals surface area contributed by atoms with Gasteiger partial charge < -0.3 is 0 Å². The summed E-state index contributed by atoms with van der Waals surface area (Å²) in [4.78, 5) is 0. The van der Waals surface area contributed by atoms with E-state index in [1.807, 2.05) is 0 Å². The molecule has 0 amide bonds. The number of rotatable bonds is 5. The second kappa shape index (κ2) is 9.66. The molecule has 3 aromatic carbocycles. The van der Waals surface area contributed by atoms with Gasteiger partial charge >= 0.3 is 14.1 Å². The zero-order valence-corrected chi connectivity index (χ0v) is 21.8. The Morgan fingerprint density at radius 3 is 1.43 bits per heavy atom. The van der Waals surface area contributed by atoms with Gasteiger partial charge in [-0.2, -0.15) is 0 Å². The van der Waals surface area contributed by atoms with Crippen LogP contribution in [0.3, 0.4) is 0 Å². The summed E-state index contributed by atoms with van der Waals surface area (Å²) in [6, 6.07) is 20.4. The zero-order valence-electron chi connectivity index (χ0n) is 19.8. The van der Waals surface area contributed by atoms with Crippen molar-refractivity contribution in [2.24, 2.45) is 0 Å². The van der Waals surface area contributed by atoms with E-state index in [1.54, 1.807) is 14.8 Å². The lowest BCUT2D eigenvalue weighted by Gasteiger charge is -2.30. The molecule has 3 rings (SSSR count). The molecule has 0 atom stereocenters. The van der Waals surface area contributed by atoms with Gasteiger partial charge in [0.25, 0.3) is 0 Å². The van der Waals surface area contributed by atoms with Crippen LogP contribution in [0.15, 0.2) is 58.8 Å². The summed E-state index contributed by atoms with van der Waals surface area (Å²) >= 11 is -1.07. The summed E-state index contributed by atoms with van der Waals surface area (Å²) in [5.41, 5.74) is 9.79. The highest BCUT2D eigenvalue weighted by Crippen LogP contribution is 2.48. The molecular weight excluding hydrogens is 394 g/mol. The van der Waals surface area contributed by atoms with Crippen LogP contribution in [-0.2, 0) is 0 Å².